The van der Waals surface area contributed by atoms with Gasteiger partial charge in [-0.3, -0.25) is 20.0 Å². The molecule has 0 saturated carbocycles. The molecule has 1 spiro atoms. The summed E-state index contributed by atoms with van der Waals surface area (Å²) in [6.07, 6.45) is 0. The summed E-state index contributed by atoms with van der Waals surface area (Å²) in [4.78, 5) is 17.1. The topological polar surface area (TPSA) is 49.4 Å². The largest absolute Gasteiger partial charge is 0.279 e. The van der Waals surface area contributed by atoms with Crippen LogP contribution in [-0.2, 0) is 0 Å². The SMILES string of the molecule is CN=C1SC2(SC1=NC)SC(=NC)C(=NC)S2. The van der Waals surface area contributed by atoms with Crippen LogP contribution in [0.1, 0.15) is 0 Å². The fraction of sp³-hybridized carbons (Fsp3) is 0.556. The minimum atomic E-state index is -0.0760. The van der Waals surface area contributed by atoms with Crippen molar-refractivity contribution in [3.63, 3.8) is 0 Å². The molecule has 0 aromatic heterocycles. The van der Waals surface area contributed by atoms with Crippen LogP contribution in [0.4, 0.5) is 0 Å². The van der Waals surface area contributed by atoms with Crippen LogP contribution in [0.15, 0.2) is 20.0 Å². The molecule has 4 nitrogen and oxygen atoms in total. The molecular formula is C9H12N4S4. The van der Waals surface area contributed by atoms with Crippen LogP contribution >= 0.6 is 47.0 Å². The van der Waals surface area contributed by atoms with Crippen molar-refractivity contribution in [2.24, 2.45) is 20.0 Å². The summed E-state index contributed by atoms with van der Waals surface area (Å²) >= 11 is 6.95. The molecule has 0 bridgehead atoms. The molecule has 0 N–H and O–H groups in total. The van der Waals surface area contributed by atoms with Crippen LogP contribution in [0.2, 0.25) is 0 Å². The van der Waals surface area contributed by atoms with Gasteiger partial charge in [0, 0.05) is 28.2 Å². The molecule has 0 aromatic carbocycles. The number of hydrogen-bond acceptors (Lipinski definition) is 8. The van der Waals surface area contributed by atoms with E-state index >= 15 is 0 Å². The Labute approximate surface area is 118 Å². The molecule has 0 amide bonds. The Morgan fingerprint density at radius 1 is 0.588 bits per heavy atom. The van der Waals surface area contributed by atoms with Crippen molar-refractivity contribution >= 4 is 67.2 Å². The molecule has 2 rings (SSSR count). The maximum atomic E-state index is 4.28. The molecule has 8 heteroatoms. The number of nitrogens with zero attached hydrogens (tertiary/aromatic N) is 4. The van der Waals surface area contributed by atoms with Crippen LogP contribution in [-0.4, -0.2) is 51.1 Å². The van der Waals surface area contributed by atoms with E-state index in [0.29, 0.717) is 0 Å². The van der Waals surface area contributed by atoms with E-state index in [-0.39, 0.29) is 2.74 Å². The molecule has 0 radical (unpaired) electrons. The van der Waals surface area contributed by atoms with Crippen molar-refractivity contribution in [3.05, 3.63) is 0 Å². The Hall–Kier alpha value is 0.0800. The summed E-state index contributed by atoms with van der Waals surface area (Å²) in [7, 11) is 7.23. The second-order valence-corrected chi connectivity index (χ2v) is 9.39. The fourth-order valence-corrected chi connectivity index (χ4v) is 7.71. The van der Waals surface area contributed by atoms with Gasteiger partial charge in [0.1, 0.15) is 20.2 Å². The van der Waals surface area contributed by atoms with E-state index in [1.807, 2.05) is 0 Å². The highest BCUT2D eigenvalue weighted by molar-refractivity contribution is 8.66. The minimum Gasteiger partial charge on any atom is -0.279 e. The summed E-state index contributed by atoms with van der Waals surface area (Å²) in [6, 6.07) is 0. The van der Waals surface area contributed by atoms with Gasteiger partial charge in [-0.1, -0.05) is 47.0 Å². The van der Waals surface area contributed by atoms with Crippen molar-refractivity contribution in [1.29, 1.82) is 0 Å². The van der Waals surface area contributed by atoms with E-state index in [4.69, 9.17) is 0 Å². The molecule has 2 aliphatic rings. The quantitative estimate of drug-likeness (QED) is 0.690. The zero-order valence-electron chi connectivity index (χ0n) is 9.92. The number of thioether (sulfide) groups is 4. The van der Waals surface area contributed by atoms with Gasteiger partial charge < -0.3 is 0 Å². The van der Waals surface area contributed by atoms with Gasteiger partial charge in [0.15, 0.2) is 2.74 Å². The average Bonchev–Trinajstić information content (AvgIpc) is 2.89. The maximum absolute atomic E-state index is 4.28. The van der Waals surface area contributed by atoms with Gasteiger partial charge in [-0.2, -0.15) is 0 Å². The zero-order valence-corrected chi connectivity index (χ0v) is 13.2. The van der Waals surface area contributed by atoms with Crippen molar-refractivity contribution in [2.45, 2.75) is 2.74 Å². The van der Waals surface area contributed by atoms with E-state index in [9.17, 15) is 0 Å². The van der Waals surface area contributed by atoms with Crippen LogP contribution in [0.3, 0.4) is 0 Å². The number of rotatable bonds is 0. The Balaban J connectivity index is 2.32. The lowest BCUT2D eigenvalue weighted by atomic mass is 10.8. The standard InChI is InChI=1S/C9H12N4S4/c1-10-5-6(11-2)15-9(14-5)16-7(12-3)8(13-4)17-9/h1-4H3. The third-order valence-corrected chi connectivity index (χ3v) is 8.60. The Bertz CT molecular complexity index is 366. The summed E-state index contributed by atoms with van der Waals surface area (Å²) in [6.45, 7) is 0. The molecule has 92 valence electrons. The van der Waals surface area contributed by atoms with E-state index in [1.165, 1.54) is 0 Å². The normalized spacial score (nSPS) is 38.4. The Morgan fingerprint density at radius 2 is 0.824 bits per heavy atom. The van der Waals surface area contributed by atoms with Gasteiger partial charge in [0.25, 0.3) is 0 Å². The highest BCUT2D eigenvalue weighted by Crippen LogP contribution is 2.65. The third kappa shape index (κ3) is 2.45. The molecule has 17 heavy (non-hydrogen) atoms. The minimum absolute atomic E-state index is 0.0760. The van der Waals surface area contributed by atoms with Crippen LogP contribution in [0, 0.1) is 0 Å². The van der Waals surface area contributed by atoms with Crippen LogP contribution in [0.25, 0.3) is 0 Å². The first kappa shape index (κ1) is 13.5. The summed E-state index contributed by atoms with van der Waals surface area (Å²) in [5, 5.41) is 4.02. The average molecular weight is 304 g/mol. The molecular weight excluding hydrogens is 292 g/mol. The van der Waals surface area contributed by atoms with Gasteiger partial charge in [-0.15, -0.1) is 0 Å². The van der Waals surface area contributed by atoms with Crippen molar-refractivity contribution in [2.75, 3.05) is 28.2 Å². The third-order valence-electron chi connectivity index (χ3n) is 2.06. The van der Waals surface area contributed by atoms with Crippen molar-refractivity contribution in [3.8, 4) is 0 Å². The first-order valence-electron chi connectivity index (χ1n) is 4.82. The summed E-state index contributed by atoms with van der Waals surface area (Å²) < 4.78 is -0.0760. The van der Waals surface area contributed by atoms with Gasteiger partial charge in [-0.25, -0.2) is 0 Å². The van der Waals surface area contributed by atoms with Crippen molar-refractivity contribution < 1.29 is 0 Å². The molecule has 2 saturated heterocycles. The van der Waals surface area contributed by atoms with Gasteiger partial charge in [0.05, 0.1) is 0 Å². The monoisotopic (exact) mass is 304 g/mol. The molecule has 0 unspecified atom stereocenters. The highest BCUT2D eigenvalue weighted by atomic mass is 32.3. The Morgan fingerprint density at radius 3 is 1.00 bits per heavy atom. The van der Waals surface area contributed by atoms with Gasteiger partial charge >= 0.3 is 0 Å². The second-order valence-electron chi connectivity index (χ2n) is 3.02. The smallest absolute Gasteiger partial charge is 0.177 e. The van der Waals surface area contributed by atoms with E-state index in [2.05, 4.69) is 20.0 Å². The number of hydrogen-bond donors (Lipinski definition) is 0. The lowest BCUT2D eigenvalue weighted by molar-refractivity contribution is 1.45. The van der Waals surface area contributed by atoms with Gasteiger partial charge in [-0.05, 0) is 0 Å². The predicted octanol–water partition coefficient (Wildman–Crippen LogP) is 2.67. The number of aliphatic imine (C=N–C) groups is 4. The lowest BCUT2D eigenvalue weighted by Crippen LogP contribution is -2.00. The van der Waals surface area contributed by atoms with E-state index in [0.717, 1.165) is 20.2 Å². The molecule has 0 aromatic rings. The predicted molar refractivity (Wildman–Crippen MR) is 86.5 cm³/mol. The first-order chi connectivity index (χ1) is 8.18. The summed E-state index contributed by atoms with van der Waals surface area (Å²) in [5.41, 5.74) is 0. The molecule has 0 aliphatic carbocycles. The molecule has 2 fully saturated rings. The second kappa shape index (κ2) is 5.38. The van der Waals surface area contributed by atoms with Crippen molar-refractivity contribution in [1.82, 2.24) is 0 Å². The van der Waals surface area contributed by atoms with Crippen LogP contribution < -0.4 is 0 Å². The van der Waals surface area contributed by atoms with Gasteiger partial charge in [0.2, 0.25) is 0 Å². The maximum Gasteiger partial charge on any atom is 0.177 e. The fourth-order valence-electron chi connectivity index (χ4n) is 1.34. The molecule has 2 heterocycles. The van der Waals surface area contributed by atoms with Crippen LogP contribution in [0.5, 0.6) is 0 Å². The lowest BCUT2D eigenvalue weighted by Gasteiger charge is -2.14. The molecule has 0 atom stereocenters. The Kier molecular flexibility index (Phi) is 4.27. The highest BCUT2D eigenvalue weighted by Gasteiger charge is 2.51. The summed E-state index contributed by atoms with van der Waals surface area (Å²) in [5.74, 6) is 0. The zero-order chi connectivity index (χ0) is 12.5. The van der Waals surface area contributed by atoms with E-state index < -0.39 is 0 Å². The van der Waals surface area contributed by atoms with E-state index in [1.54, 1.807) is 75.2 Å². The first-order valence-corrected chi connectivity index (χ1v) is 8.08. The molecule has 2 aliphatic heterocycles.